The minimum atomic E-state index is 0.383. The molecule has 148 valence electrons. The molecule has 1 atom stereocenters. The number of nitrogens with one attached hydrogen (secondary N) is 2. The van der Waals surface area contributed by atoms with Gasteiger partial charge in [-0.1, -0.05) is 36.8 Å². The lowest BCUT2D eigenvalue weighted by atomic mass is 10.0. The van der Waals surface area contributed by atoms with Crippen LogP contribution in [0.4, 0.5) is 0 Å². The second-order valence-electron chi connectivity index (χ2n) is 6.85. The molecule has 7 nitrogen and oxygen atoms in total. The Labute approximate surface area is 162 Å². The van der Waals surface area contributed by atoms with Crippen molar-refractivity contribution in [3.63, 3.8) is 0 Å². The molecule has 0 aliphatic heterocycles. The van der Waals surface area contributed by atoms with Crippen LogP contribution in [0.3, 0.4) is 0 Å². The van der Waals surface area contributed by atoms with Crippen molar-refractivity contribution in [2.75, 3.05) is 26.8 Å². The first-order valence-electron chi connectivity index (χ1n) is 9.43. The first-order valence-corrected chi connectivity index (χ1v) is 9.43. The SMILES string of the molecule is COCCCNC(=NCc1nnc(C)n1C)NCC(C)c1ccc(C)cc1. The monoisotopic (exact) mass is 372 g/mol. The van der Waals surface area contributed by atoms with Gasteiger partial charge in [0.15, 0.2) is 11.8 Å². The van der Waals surface area contributed by atoms with Crippen LogP contribution in [0.1, 0.15) is 42.0 Å². The molecule has 2 rings (SSSR count). The van der Waals surface area contributed by atoms with E-state index in [1.807, 2.05) is 18.5 Å². The molecule has 0 spiro atoms. The third-order valence-electron chi connectivity index (χ3n) is 4.60. The molecule has 0 bridgehead atoms. The largest absolute Gasteiger partial charge is 0.385 e. The number of aliphatic imine (C=N–C) groups is 1. The maximum Gasteiger partial charge on any atom is 0.191 e. The van der Waals surface area contributed by atoms with Crippen LogP contribution in [-0.2, 0) is 18.3 Å². The molecular weight excluding hydrogens is 340 g/mol. The molecule has 1 aromatic carbocycles. The molecule has 0 fully saturated rings. The van der Waals surface area contributed by atoms with E-state index in [1.165, 1.54) is 11.1 Å². The van der Waals surface area contributed by atoms with Crippen molar-refractivity contribution in [3.8, 4) is 0 Å². The van der Waals surface area contributed by atoms with E-state index in [1.54, 1.807) is 7.11 Å². The van der Waals surface area contributed by atoms with E-state index in [0.717, 1.165) is 43.7 Å². The highest BCUT2D eigenvalue weighted by Gasteiger charge is 2.08. The summed E-state index contributed by atoms with van der Waals surface area (Å²) in [5, 5.41) is 15.1. The normalized spacial score (nSPS) is 12.9. The van der Waals surface area contributed by atoms with Crippen molar-refractivity contribution in [2.24, 2.45) is 12.0 Å². The minimum absolute atomic E-state index is 0.383. The molecule has 0 radical (unpaired) electrons. The Bertz CT molecular complexity index is 723. The Morgan fingerprint density at radius 1 is 1.19 bits per heavy atom. The van der Waals surface area contributed by atoms with Gasteiger partial charge in [-0.3, -0.25) is 0 Å². The number of methoxy groups -OCH3 is 1. The number of ether oxygens (including phenoxy) is 1. The van der Waals surface area contributed by atoms with E-state index in [-0.39, 0.29) is 0 Å². The van der Waals surface area contributed by atoms with E-state index in [4.69, 9.17) is 4.74 Å². The van der Waals surface area contributed by atoms with Crippen LogP contribution in [-0.4, -0.2) is 47.5 Å². The van der Waals surface area contributed by atoms with Gasteiger partial charge in [0, 0.05) is 33.9 Å². The molecule has 27 heavy (non-hydrogen) atoms. The van der Waals surface area contributed by atoms with Gasteiger partial charge in [-0.2, -0.15) is 0 Å². The average molecular weight is 373 g/mol. The van der Waals surface area contributed by atoms with Crippen molar-refractivity contribution < 1.29 is 4.74 Å². The highest BCUT2D eigenvalue weighted by molar-refractivity contribution is 5.79. The smallest absolute Gasteiger partial charge is 0.191 e. The second-order valence-corrected chi connectivity index (χ2v) is 6.85. The van der Waals surface area contributed by atoms with Gasteiger partial charge in [0.2, 0.25) is 0 Å². The van der Waals surface area contributed by atoms with Gasteiger partial charge < -0.3 is 19.9 Å². The Morgan fingerprint density at radius 2 is 1.93 bits per heavy atom. The lowest BCUT2D eigenvalue weighted by Gasteiger charge is -2.17. The molecule has 1 heterocycles. The van der Waals surface area contributed by atoms with Gasteiger partial charge in [-0.25, -0.2) is 4.99 Å². The summed E-state index contributed by atoms with van der Waals surface area (Å²) in [6, 6.07) is 8.68. The summed E-state index contributed by atoms with van der Waals surface area (Å²) in [5.41, 5.74) is 2.59. The van der Waals surface area contributed by atoms with Gasteiger partial charge in [0.25, 0.3) is 0 Å². The number of aryl methyl sites for hydroxylation is 2. The molecular formula is C20H32N6O. The Balaban J connectivity index is 1.96. The zero-order valence-electron chi connectivity index (χ0n) is 17.1. The van der Waals surface area contributed by atoms with E-state index < -0.39 is 0 Å². The number of hydrogen-bond acceptors (Lipinski definition) is 4. The summed E-state index contributed by atoms with van der Waals surface area (Å²) in [7, 11) is 3.67. The van der Waals surface area contributed by atoms with Crippen LogP contribution in [0.5, 0.6) is 0 Å². The molecule has 0 saturated heterocycles. The third-order valence-corrected chi connectivity index (χ3v) is 4.60. The fourth-order valence-electron chi connectivity index (χ4n) is 2.60. The Morgan fingerprint density at radius 3 is 2.56 bits per heavy atom. The van der Waals surface area contributed by atoms with E-state index >= 15 is 0 Å². The maximum atomic E-state index is 5.12. The van der Waals surface area contributed by atoms with Crippen LogP contribution in [0, 0.1) is 13.8 Å². The number of benzene rings is 1. The lowest BCUT2D eigenvalue weighted by Crippen LogP contribution is -2.40. The summed E-state index contributed by atoms with van der Waals surface area (Å²) < 4.78 is 7.07. The summed E-state index contributed by atoms with van der Waals surface area (Å²) >= 11 is 0. The van der Waals surface area contributed by atoms with Crippen molar-refractivity contribution in [3.05, 3.63) is 47.0 Å². The molecule has 0 saturated carbocycles. The summed E-state index contributed by atoms with van der Waals surface area (Å²) in [5.74, 6) is 2.90. The van der Waals surface area contributed by atoms with Crippen LogP contribution in [0.25, 0.3) is 0 Å². The van der Waals surface area contributed by atoms with Crippen LogP contribution >= 0.6 is 0 Å². The maximum absolute atomic E-state index is 5.12. The number of hydrogen-bond donors (Lipinski definition) is 2. The summed E-state index contributed by atoms with van der Waals surface area (Å²) in [6.07, 6.45) is 0.924. The van der Waals surface area contributed by atoms with Crippen molar-refractivity contribution in [1.29, 1.82) is 0 Å². The van der Waals surface area contributed by atoms with Gasteiger partial charge in [-0.15, -0.1) is 10.2 Å². The first-order chi connectivity index (χ1) is 13.0. The fraction of sp³-hybridized carbons (Fsp3) is 0.550. The molecule has 1 unspecified atom stereocenters. The highest BCUT2D eigenvalue weighted by Crippen LogP contribution is 2.14. The summed E-state index contributed by atoms with van der Waals surface area (Å²) in [6.45, 7) is 9.07. The minimum Gasteiger partial charge on any atom is -0.385 e. The van der Waals surface area contributed by atoms with Gasteiger partial charge >= 0.3 is 0 Å². The lowest BCUT2D eigenvalue weighted by molar-refractivity contribution is 0.195. The molecule has 1 aromatic heterocycles. The predicted molar refractivity (Wildman–Crippen MR) is 109 cm³/mol. The van der Waals surface area contributed by atoms with E-state index in [0.29, 0.717) is 12.5 Å². The third kappa shape index (κ3) is 6.67. The number of guanidine groups is 1. The van der Waals surface area contributed by atoms with Crippen molar-refractivity contribution in [1.82, 2.24) is 25.4 Å². The number of rotatable bonds is 9. The quantitative estimate of drug-likeness (QED) is 0.401. The molecule has 0 amide bonds. The van der Waals surface area contributed by atoms with E-state index in [9.17, 15) is 0 Å². The average Bonchev–Trinajstić information content (AvgIpc) is 2.99. The van der Waals surface area contributed by atoms with Crippen molar-refractivity contribution in [2.45, 2.75) is 39.7 Å². The highest BCUT2D eigenvalue weighted by atomic mass is 16.5. The van der Waals surface area contributed by atoms with Gasteiger partial charge in [0.05, 0.1) is 0 Å². The predicted octanol–water partition coefficient (Wildman–Crippen LogP) is 2.31. The van der Waals surface area contributed by atoms with Crippen molar-refractivity contribution >= 4 is 5.96 Å². The molecule has 7 heteroatoms. The topological polar surface area (TPSA) is 76.4 Å². The van der Waals surface area contributed by atoms with Crippen LogP contribution in [0.2, 0.25) is 0 Å². The zero-order chi connectivity index (χ0) is 19.6. The molecule has 2 aromatic rings. The van der Waals surface area contributed by atoms with Crippen LogP contribution in [0.15, 0.2) is 29.3 Å². The Kier molecular flexibility index (Phi) is 8.26. The number of aromatic nitrogens is 3. The zero-order valence-corrected chi connectivity index (χ0v) is 17.1. The molecule has 2 N–H and O–H groups in total. The van der Waals surface area contributed by atoms with Gasteiger partial charge in [0.1, 0.15) is 12.4 Å². The standard InChI is InChI=1S/C20H32N6O/c1-15-7-9-18(10-8-15)16(2)13-22-20(21-11-6-12-27-5)23-14-19-25-24-17(3)26(19)4/h7-10,16H,6,11-14H2,1-5H3,(H2,21,22,23). The fourth-order valence-corrected chi connectivity index (χ4v) is 2.60. The van der Waals surface area contributed by atoms with Crippen LogP contribution < -0.4 is 10.6 Å². The van der Waals surface area contributed by atoms with Gasteiger partial charge in [-0.05, 0) is 31.7 Å². The van der Waals surface area contributed by atoms with E-state index in [2.05, 4.69) is 63.9 Å². The summed E-state index contributed by atoms with van der Waals surface area (Å²) in [4.78, 5) is 4.68. The Hall–Kier alpha value is -2.41. The molecule has 0 aliphatic rings. The second kappa shape index (κ2) is 10.7. The first kappa shape index (κ1) is 20.9. The molecule has 0 aliphatic carbocycles. The number of nitrogens with zero attached hydrogens (tertiary/aromatic N) is 4.